The molecule has 0 spiro atoms. The molecule has 0 bridgehead atoms. The third-order valence-corrected chi connectivity index (χ3v) is 2.19. The fraction of sp³-hybridized carbons (Fsp3) is 0.0833. The Labute approximate surface area is 78.0 Å². The minimum Gasteiger partial charge on any atom is -0.496 e. The first kappa shape index (κ1) is 8.11. The van der Waals surface area contributed by atoms with Crippen LogP contribution in [0.15, 0.2) is 36.4 Å². The zero-order valence-electron chi connectivity index (χ0n) is 7.58. The minimum atomic E-state index is 0.906. The van der Waals surface area contributed by atoms with Gasteiger partial charge in [-0.1, -0.05) is 30.3 Å². The predicted molar refractivity (Wildman–Crippen MR) is 55.0 cm³/mol. The summed E-state index contributed by atoms with van der Waals surface area (Å²) in [5.74, 6) is 0.906. The Morgan fingerprint density at radius 2 is 1.69 bits per heavy atom. The summed E-state index contributed by atoms with van der Waals surface area (Å²) in [4.78, 5) is 0. The quantitative estimate of drug-likeness (QED) is 0.640. The Bertz CT molecular complexity index is 432. The van der Waals surface area contributed by atoms with Crippen LogP contribution in [0.3, 0.4) is 0 Å². The Hall–Kier alpha value is -1.50. The van der Waals surface area contributed by atoms with Crippen LogP contribution in [0.25, 0.3) is 10.8 Å². The molecule has 0 fully saturated rings. The Morgan fingerprint density at radius 1 is 1.00 bits per heavy atom. The molecule has 13 heavy (non-hydrogen) atoms. The number of ether oxygens (including phenoxy) is 1. The van der Waals surface area contributed by atoms with Crippen molar-refractivity contribution in [2.24, 2.45) is 0 Å². The van der Waals surface area contributed by atoms with Crippen molar-refractivity contribution in [2.45, 2.75) is 0 Å². The van der Waals surface area contributed by atoms with Crippen LogP contribution in [-0.4, -0.2) is 7.11 Å². The van der Waals surface area contributed by atoms with E-state index in [9.17, 15) is 0 Å². The van der Waals surface area contributed by atoms with E-state index in [0.717, 1.165) is 22.1 Å². The lowest BCUT2D eigenvalue weighted by Gasteiger charge is -2.06. The summed E-state index contributed by atoms with van der Waals surface area (Å²) in [7, 11) is 1.69. The van der Waals surface area contributed by atoms with Crippen LogP contribution in [0.5, 0.6) is 5.75 Å². The topological polar surface area (TPSA) is 9.23 Å². The second-order valence-corrected chi connectivity index (χ2v) is 2.97. The molecular weight excluding hydrogens is 160 g/mol. The third kappa shape index (κ3) is 1.26. The summed E-state index contributed by atoms with van der Waals surface area (Å²) in [6.45, 7) is 3.97. The Kier molecular flexibility index (Phi) is 1.93. The monoisotopic (exact) mass is 171 g/mol. The van der Waals surface area contributed by atoms with Crippen LogP contribution in [0.4, 0.5) is 0 Å². The van der Waals surface area contributed by atoms with Gasteiger partial charge < -0.3 is 4.74 Å². The van der Waals surface area contributed by atoms with Gasteiger partial charge in [0.05, 0.1) is 7.11 Å². The van der Waals surface area contributed by atoms with Crippen LogP contribution in [0, 0.1) is 6.92 Å². The molecule has 0 aliphatic heterocycles. The van der Waals surface area contributed by atoms with Crippen LogP contribution < -0.4 is 4.74 Å². The number of benzene rings is 2. The van der Waals surface area contributed by atoms with Gasteiger partial charge in [-0.2, -0.15) is 0 Å². The molecule has 0 aromatic heterocycles. The van der Waals surface area contributed by atoms with Gasteiger partial charge in [0.25, 0.3) is 0 Å². The van der Waals surface area contributed by atoms with Gasteiger partial charge in [0, 0.05) is 5.39 Å². The van der Waals surface area contributed by atoms with Crippen LogP contribution in [-0.2, 0) is 0 Å². The lowest BCUT2D eigenvalue weighted by atomic mass is 10.1. The first-order valence-electron chi connectivity index (χ1n) is 4.20. The van der Waals surface area contributed by atoms with E-state index in [4.69, 9.17) is 4.74 Å². The highest BCUT2D eigenvalue weighted by molar-refractivity contribution is 5.91. The standard InChI is InChI=1S/C12H11O/c1-9-7-8-12(13-2)11-6-4-3-5-10(9)11/h3-8H,1H2,2H3. The number of hydrogen-bond donors (Lipinski definition) is 0. The van der Waals surface area contributed by atoms with Crippen LogP contribution in [0.1, 0.15) is 5.56 Å². The van der Waals surface area contributed by atoms with E-state index in [2.05, 4.69) is 13.0 Å². The van der Waals surface area contributed by atoms with Crippen molar-refractivity contribution in [3.05, 3.63) is 48.9 Å². The summed E-state index contributed by atoms with van der Waals surface area (Å²) in [5.41, 5.74) is 1.04. The average Bonchev–Trinajstić information content (AvgIpc) is 2.19. The number of hydrogen-bond acceptors (Lipinski definition) is 1. The highest BCUT2D eigenvalue weighted by atomic mass is 16.5. The average molecular weight is 171 g/mol. The smallest absolute Gasteiger partial charge is 0.126 e. The number of fused-ring (bicyclic) bond motifs is 1. The maximum Gasteiger partial charge on any atom is 0.126 e. The van der Waals surface area contributed by atoms with E-state index >= 15 is 0 Å². The molecule has 1 heteroatoms. The zero-order chi connectivity index (χ0) is 9.26. The number of methoxy groups -OCH3 is 1. The van der Waals surface area contributed by atoms with Gasteiger partial charge in [-0.15, -0.1) is 0 Å². The largest absolute Gasteiger partial charge is 0.496 e. The summed E-state index contributed by atoms with van der Waals surface area (Å²) < 4.78 is 5.25. The van der Waals surface area contributed by atoms with Crippen molar-refractivity contribution >= 4 is 10.8 Å². The van der Waals surface area contributed by atoms with Crippen LogP contribution in [0.2, 0.25) is 0 Å². The van der Waals surface area contributed by atoms with Gasteiger partial charge in [0.1, 0.15) is 5.75 Å². The molecule has 1 radical (unpaired) electrons. The van der Waals surface area contributed by atoms with Gasteiger partial charge in [0.2, 0.25) is 0 Å². The van der Waals surface area contributed by atoms with Gasteiger partial charge in [-0.3, -0.25) is 0 Å². The molecule has 0 saturated heterocycles. The van der Waals surface area contributed by atoms with Gasteiger partial charge >= 0.3 is 0 Å². The summed E-state index contributed by atoms with van der Waals surface area (Å²) in [6.07, 6.45) is 0. The molecule has 65 valence electrons. The minimum absolute atomic E-state index is 0.906. The molecule has 0 aliphatic carbocycles. The van der Waals surface area contributed by atoms with Gasteiger partial charge in [-0.05, 0) is 23.9 Å². The molecular formula is C12H11O. The first-order chi connectivity index (χ1) is 6.33. The molecule has 2 aromatic carbocycles. The van der Waals surface area contributed by atoms with Crippen molar-refractivity contribution in [3.8, 4) is 5.75 Å². The van der Waals surface area contributed by atoms with E-state index in [1.165, 1.54) is 0 Å². The van der Waals surface area contributed by atoms with Gasteiger partial charge in [-0.25, -0.2) is 0 Å². The van der Waals surface area contributed by atoms with Crippen molar-refractivity contribution in [1.82, 2.24) is 0 Å². The zero-order valence-corrected chi connectivity index (χ0v) is 7.58. The summed E-state index contributed by atoms with van der Waals surface area (Å²) in [5, 5.41) is 2.28. The highest BCUT2D eigenvalue weighted by Gasteiger charge is 2.01. The van der Waals surface area contributed by atoms with E-state index in [1.54, 1.807) is 7.11 Å². The van der Waals surface area contributed by atoms with E-state index in [1.807, 2.05) is 30.3 Å². The molecule has 0 amide bonds. The van der Waals surface area contributed by atoms with Crippen molar-refractivity contribution in [1.29, 1.82) is 0 Å². The van der Waals surface area contributed by atoms with Crippen molar-refractivity contribution < 1.29 is 4.74 Å². The molecule has 0 aliphatic rings. The molecule has 2 rings (SSSR count). The second-order valence-electron chi connectivity index (χ2n) is 2.97. The second kappa shape index (κ2) is 3.09. The predicted octanol–water partition coefficient (Wildman–Crippen LogP) is 3.03. The van der Waals surface area contributed by atoms with E-state index in [0.29, 0.717) is 0 Å². The highest BCUT2D eigenvalue weighted by Crippen LogP contribution is 2.27. The maximum absolute atomic E-state index is 5.25. The summed E-state index contributed by atoms with van der Waals surface area (Å²) in [6, 6.07) is 12.0. The number of rotatable bonds is 1. The SMILES string of the molecule is [CH2]c1ccc(OC)c2ccccc12. The van der Waals surface area contributed by atoms with Crippen molar-refractivity contribution in [3.63, 3.8) is 0 Å². The Balaban J connectivity index is 2.84. The van der Waals surface area contributed by atoms with E-state index < -0.39 is 0 Å². The fourth-order valence-corrected chi connectivity index (χ4v) is 1.51. The summed E-state index contributed by atoms with van der Waals surface area (Å²) >= 11 is 0. The molecule has 0 unspecified atom stereocenters. The molecule has 1 nitrogen and oxygen atoms in total. The molecule has 0 saturated carbocycles. The third-order valence-electron chi connectivity index (χ3n) is 2.19. The lowest BCUT2D eigenvalue weighted by molar-refractivity contribution is 0.420. The first-order valence-corrected chi connectivity index (χ1v) is 4.20. The normalized spacial score (nSPS) is 10.3. The van der Waals surface area contributed by atoms with Crippen molar-refractivity contribution in [2.75, 3.05) is 7.11 Å². The molecule has 0 atom stereocenters. The lowest BCUT2D eigenvalue weighted by Crippen LogP contribution is -1.86. The van der Waals surface area contributed by atoms with E-state index in [-0.39, 0.29) is 0 Å². The molecule has 0 N–H and O–H groups in total. The molecule has 0 heterocycles. The molecule has 2 aromatic rings. The van der Waals surface area contributed by atoms with Crippen LogP contribution >= 0.6 is 0 Å². The van der Waals surface area contributed by atoms with Gasteiger partial charge in [0.15, 0.2) is 0 Å². The fourth-order valence-electron chi connectivity index (χ4n) is 1.51. The maximum atomic E-state index is 5.25. The Morgan fingerprint density at radius 3 is 2.38 bits per heavy atom.